The number of nitrogens with zero attached hydrogens (tertiary/aromatic N) is 3. The highest BCUT2D eigenvalue weighted by Crippen LogP contribution is 2.36. The molecule has 0 spiro atoms. The molecule has 1 atom stereocenters. The summed E-state index contributed by atoms with van der Waals surface area (Å²) in [6.45, 7) is 9.02. The first kappa shape index (κ1) is 28.0. The van der Waals surface area contributed by atoms with Crippen LogP contribution in [0, 0.1) is 20.8 Å². The molecule has 1 saturated carbocycles. The van der Waals surface area contributed by atoms with E-state index in [1.807, 2.05) is 38.5 Å². The van der Waals surface area contributed by atoms with Gasteiger partial charge in [-0.15, -0.1) is 10.5 Å². The number of carbonyl (C=O) groups excluding carboxylic acids is 1. The number of hydrogen-bond donors (Lipinski definition) is 2. The van der Waals surface area contributed by atoms with Crippen molar-refractivity contribution in [2.24, 2.45) is 4.99 Å². The molecule has 1 aromatic heterocycles. The van der Waals surface area contributed by atoms with Gasteiger partial charge in [-0.1, -0.05) is 5.87 Å². The number of H-pyrrole nitrogens is 1. The minimum atomic E-state index is -0.254. The second-order valence-electron chi connectivity index (χ2n) is 10.7. The third-order valence-electron chi connectivity index (χ3n) is 7.92. The number of aromatic amines is 1. The average molecular weight is 536 g/mol. The fourth-order valence-corrected chi connectivity index (χ4v) is 6.52. The highest BCUT2D eigenvalue weighted by Gasteiger charge is 2.28. The minimum absolute atomic E-state index is 0.160. The van der Waals surface area contributed by atoms with Gasteiger partial charge < -0.3 is 20.1 Å². The average Bonchev–Trinajstić information content (AvgIpc) is 3.31. The molecule has 204 valence electrons. The lowest BCUT2D eigenvalue weighted by molar-refractivity contribution is 0.0950. The van der Waals surface area contributed by atoms with Gasteiger partial charge in [-0.05, 0) is 102 Å². The number of aliphatic imine (C=N–C) groups is 1. The second-order valence-corrected chi connectivity index (χ2v) is 12.1. The Morgan fingerprint density at radius 1 is 1.13 bits per heavy atom. The number of nitrogens with one attached hydrogen (secondary N) is 2. The summed E-state index contributed by atoms with van der Waals surface area (Å²) in [5.41, 5.74) is 8.40. The molecule has 8 heteroatoms. The van der Waals surface area contributed by atoms with Crippen LogP contribution in [0.3, 0.4) is 0 Å². The van der Waals surface area contributed by atoms with Gasteiger partial charge >= 0.3 is 0 Å². The summed E-state index contributed by atoms with van der Waals surface area (Å²) in [4.78, 5) is 38.4. The maximum Gasteiger partial charge on any atom is 0.253 e. The SMILES string of the molecule is C=S1C=NC(c2cc(C(=O)NCc3c(C)cc(C)[nH]c3=O)c(C)c(N(CC)C3CCC(N(C)C)CC3)c2)=C1. The topological polar surface area (TPSA) is 80.8 Å². The molecule has 1 aromatic carbocycles. The van der Waals surface area contributed by atoms with E-state index in [1.54, 1.807) is 0 Å². The molecule has 2 aromatic rings. The number of hydrogen-bond acceptors (Lipinski definition) is 5. The lowest BCUT2D eigenvalue weighted by Gasteiger charge is -2.40. The van der Waals surface area contributed by atoms with E-state index in [0.717, 1.165) is 53.2 Å². The van der Waals surface area contributed by atoms with Crippen LogP contribution in [0.25, 0.3) is 5.70 Å². The van der Waals surface area contributed by atoms with Crippen LogP contribution in [-0.4, -0.2) is 59.9 Å². The van der Waals surface area contributed by atoms with E-state index in [4.69, 9.17) is 0 Å². The number of amides is 1. The predicted molar refractivity (Wildman–Crippen MR) is 163 cm³/mol. The van der Waals surface area contributed by atoms with Crippen LogP contribution in [0.4, 0.5) is 5.69 Å². The fraction of sp³-hybridized carbons (Fsp3) is 0.467. The van der Waals surface area contributed by atoms with E-state index in [0.29, 0.717) is 23.2 Å². The van der Waals surface area contributed by atoms with Crippen LogP contribution in [-0.2, 0) is 6.54 Å². The van der Waals surface area contributed by atoms with Crippen LogP contribution >= 0.6 is 10.5 Å². The highest BCUT2D eigenvalue weighted by molar-refractivity contribution is 8.28. The van der Waals surface area contributed by atoms with E-state index in [1.165, 1.54) is 12.8 Å². The van der Waals surface area contributed by atoms with Crippen molar-refractivity contribution in [2.45, 2.75) is 72.0 Å². The number of rotatable bonds is 8. The van der Waals surface area contributed by atoms with Crippen molar-refractivity contribution >= 4 is 39.2 Å². The van der Waals surface area contributed by atoms with Crippen LogP contribution in [0.5, 0.6) is 0 Å². The molecule has 2 aliphatic rings. The molecule has 1 aliphatic heterocycles. The third kappa shape index (κ3) is 6.02. The van der Waals surface area contributed by atoms with Crippen molar-refractivity contribution in [2.75, 3.05) is 25.5 Å². The molecule has 0 bridgehead atoms. The smallest absolute Gasteiger partial charge is 0.253 e. The Hall–Kier alpha value is -2.97. The summed E-state index contributed by atoms with van der Waals surface area (Å²) >= 11 is 0. The summed E-state index contributed by atoms with van der Waals surface area (Å²) in [5, 5.41) is 5.07. The number of anilines is 1. The zero-order valence-corrected chi connectivity index (χ0v) is 24.4. The Morgan fingerprint density at radius 2 is 1.82 bits per heavy atom. The zero-order valence-electron chi connectivity index (χ0n) is 23.6. The Labute approximate surface area is 229 Å². The largest absolute Gasteiger partial charge is 0.369 e. The lowest BCUT2D eigenvalue weighted by atomic mass is 9.88. The van der Waals surface area contributed by atoms with Crippen LogP contribution < -0.4 is 15.8 Å². The van der Waals surface area contributed by atoms with Gasteiger partial charge in [0.2, 0.25) is 0 Å². The maximum absolute atomic E-state index is 13.6. The van der Waals surface area contributed by atoms with Crippen molar-refractivity contribution in [1.82, 2.24) is 15.2 Å². The number of aromatic nitrogens is 1. The molecule has 4 rings (SSSR count). The van der Waals surface area contributed by atoms with E-state index >= 15 is 0 Å². The van der Waals surface area contributed by atoms with E-state index in [9.17, 15) is 9.59 Å². The lowest BCUT2D eigenvalue weighted by Crippen LogP contribution is -2.42. The monoisotopic (exact) mass is 535 g/mol. The number of benzene rings is 1. The predicted octanol–water partition coefficient (Wildman–Crippen LogP) is 4.97. The standard InChI is InChI=1S/C30H41N5O2S/c1-8-35(24-11-9-23(10-12-24)34(5)6)28-15-22(27-17-38(7)18-32-27)14-25(21(28)4)29(36)31-16-26-19(2)13-20(3)33-30(26)37/h13-15,17-18,23-24H,7-12,16H2,1-6H3,(H,31,36)(H,33,37). The first-order valence-corrected chi connectivity index (χ1v) is 14.9. The summed E-state index contributed by atoms with van der Waals surface area (Å²) < 4.78 is 0. The number of aryl methyl sites for hydroxylation is 2. The molecule has 1 amide bonds. The first-order chi connectivity index (χ1) is 18.1. The maximum atomic E-state index is 13.6. The molecule has 0 saturated heterocycles. The Morgan fingerprint density at radius 3 is 2.39 bits per heavy atom. The quantitative estimate of drug-likeness (QED) is 0.468. The Bertz CT molecular complexity index is 1350. The van der Waals surface area contributed by atoms with Crippen LogP contribution in [0.15, 0.2) is 33.4 Å². The first-order valence-electron chi connectivity index (χ1n) is 13.4. The summed E-state index contributed by atoms with van der Waals surface area (Å²) in [7, 11) is 4.08. The molecule has 7 nitrogen and oxygen atoms in total. The number of pyridine rings is 1. The molecule has 2 heterocycles. The minimum Gasteiger partial charge on any atom is -0.369 e. The molecule has 1 fully saturated rings. The van der Waals surface area contributed by atoms with Crippen molar-refractivity contribution in [3.63, 3.8) is 0 Å². The summed E-state index contributed by atoms with van der Waals surface area (Å²) in [6, 6.07) is 7.10. The normalized spacial score (nSPS) is 21.0. The Kier molecular flexibility index (Phi) is 8.73. The molecule has 1 aliphatic carbocycles. The van der Waals surface area contributed by atoms with E-state index in [-0.39, 0.29) is 28.5 Å². The van der Waals surface area contributed by atoms with Gasteiger partial charge in [0, 0.05) is 53.2 Å². The molecular weight excluding hydrogens is 494 g/mol. The molecule has 38 heavy (non-hydrogen) atoms. The molecular formula is C30H41N5O2S. The van der Waals surface area contributed by atoms with Crippen LogP contribution in [0.1, 0.15) is 70.9 Å². The van der Waals surface area contributed by atoms with Gasteiger partial charge in [-0.25, -0.2) is 4.99 Å². The zero-order chi connectivity index (χ0) is 27.6. The molecule has 1 unspecified atom stereocenters. The molecule has 0 radical (unpaired) electrons. The molecule has 2 N–H and O–H groups in total. The van der Waals surface area contributed by atoms with Gasteiger partial charge in [0.05, 0.1) is 11.2 Å². The van der Waals surface area contributed by atoms with Crippen molar-refractivity contribution < 1.29 is 4.79 Å². The van der Waals surface area contributed by atoms with Crippen molar-refractivity contribution in [1.29, 1.82) is 0 Å². The van der Waals surface area contributed by atoms with E-state index in [2.05, 4.69) is 63.5 Å². The van der Waals surface area contributed by atoms with Crippen LogP contribution in [0.2, 0.25) is 0 Å². The van der Waals surface area contributed by atoms with E-state index < -0.39 is 0 Å². The summed E-state index contributed by atoms with van der Waals surface area (Å²) in [6.07, 6.45) is 4.59. The highest BCUT2D eigenvalue weighted by atomic mass is 32.2. The van der Waals surface area contributed by atoms with Crippen molar-refractivity contribution in [3.8, 4) is 0 Å². The number of carbonyl (C=O) groups is 1. The Balaban J connectivity index is 1.68. The third-order valence-corrected chi connectivity index (χ3v) is 8.82. The van der Waals surface area contributed by atoms with Crippen molar-refractivity contribution in [3.05, 3.63) is 67.5 Å². The van der Waals surface area contributed by atoms with Gasteiger partial charge in [0.25, 0.3) is 11.5 Å². The van der Waals surface area contributed by atoms with Gasteiger partial charge in [-0.3, -0.25) is 9.59 Å². The van der Waals surface area contributed by atoms with Gasteiger partial charge in [0.1, 0.15) is 0 Å². The van der Waals surface area contributed by atoms with Gasteiger partial charge in [0.15, 0.2) is 0 Å². The summed E-state index contributed by atoms with van der Waals surface area (Å²) in [5.74, 6) is 3.93. The second kappa shape index (κ2) is 11.8. The fourth-order valence-electron chi connectivity index (χ4n) is 5.73. The van der Waals surface area contributed by atoms with Gasteiger partial charge in [-0.2, -0.15) is 0 Å².